The van der Waals surface area contributed by atoms with Gasteiger partial charge in [-0.3, -0.25) is 14.4 Å². The number of aliphatic hydroxyl groups excluding tert-OH is 1. The first-order valence-corrected chi connectivity index (χ1v) is 14.1. The number of anilines is 2. The van der Waals surface area contributed by atoms with Crippen molar-refractivity contribution in [3.05, 3.63) is 59.6 Å². The Morgan fingerprint density at radius 1 is 1.14 bits per heavy atom. The summed E-state index contributed by atoms with van der Waals surface area (Å²) >= 11 is 11.3. The van der Waals surface area contributed by atoms with Gasteiger partial charge >= 0.3 is 0 Å². The van der Waals surface area contributed by atoms with E-state index in [0.29, 0.717) is 29.2 Å². The molecule has 3 amide bonds. The van der Waals surface area contributed by atoms with E-state index in [1.165, 1.54) is 0 Å². The van der Waals surface area contributed by atoms with E-state index in [2.05, 4.69) is 26.6 Å². The van der Waals surface area contributed by atoms with Crippen LogP contribution in [-0.2, 0) is 14.4 Å². The summed E-state index contributed by atoms with van der Waals surface area (Å²) in [6.07, 6.45) is 1.06. The summed E-state index contributed by atoms with van der Waals surface area (Å²) in [5.41, 5.74) is 1.23. The molecule has 2 aromatic carbocycles. The number of nitrogens with one attached hydrogen (secondary N) is 2. The molecule has 5 rings (SSSR count). The number of benzene rings is 2. The maximum Gasteiger partial charge on any atom is 0.248 e. The molecule has 3 unspecified atom stereocenters. The summed E-state index contributed by atoms with van der Waals surface area (Å²) in [4.78, 5) is 43.0. The maximum atomic E-state index is 14.0. The van der Waals surface area contributed by atoms with Crippen molar-refractivity contribution in [1.29, 1.82) is 0 Å². The number of carbonyl (C=O) groups excluding carboxylic acids is 3. The maximum absolute atomic E-state index is 14.0. The number of thioether (sulfide) groups is 1. The van der Waals surface area contributed by atoms with E-state index in [9.17, 15) is 19.5 Å². The molecular formula is C26H27BrClN3O4S. The Labute approximate surface area is 227 Å². The Balaban J connectivity index is 1.52. The van der Waals surface area contributed by atoms with Gasteiger partial charge in [0.15, 0.2) is 0 Å². The smallest absolute Gasteiger partial charge is 0.248 e. The van der Waals surface area contributed by atoms with Crippen LogP contribution in [0.2, 0.25) is 5.02 Å². The van der Waals surface area contributed by atoms with E-state index in [4.69, 9.17) is 11.6 Å². The van der Waals surface area contributed by atoms with Crippen LogP contribution in [0, 0.1) is 11.8 Å². The van der Waals surface area contributed by atoms with Crippen LogP contribution in [0.1, 0.15) is 19.8 Å². The fourth-order valence-electron chi connectivity index (χ4n) is 5.96. The molecule has 0 radical (unpaired) electrons. The SMILES string of the molecule is CC[C@@H](CO)N1C(=O)[C@@H]2[C@H](C(=O)Nc3ccccc3)[C@H]3SC2(CC3Br)C1C(=O)Nc1ccc(Cl)cc1. The van der Waals surface area contributed by atoms with Crippen molar-refractivity contribution in [2.24, 2.45) is 11.8 Å². The van der Waals surface area contributed by atoms with Crippen LogP contribution in [0.15, 0.2) is 54.6 Å². The fourth-order valence-corrected chi connectivity index (χ4v) is 9.69. The van der Waals surface area contributed by atoms with Crippen LogP contribution in [0.4, 0.5) is 11.4 Å². The van der Waals surface area contributed by atoms with Crippen molar-refractivity contribution >= 4 is 68.4 Å². The summed E-state index contributed by atoms with van der Waals surface area (Å²) in [6.45, 7) is 1.62. The van der Waals surface area contributed by atoms with Crippen molar-refractivity contribution in [3.63, 3.8) is 0 Å². The second-order valence-corrected chi connectivity index (χ2v) is 12.7. The van der Waals surface area contributed by atoms with Crippen LogP contribution in [0.3, 0.4) is 0 Å². The number of halogens is 2. The highest BCUT2D eigenvalue weighted by atomic mass is 79.9. The molecule has 7 atom stereocenters. The lowest BCUT2D eigenvalue weighted by molar-refractivity contribution is -0.141. The number of para-hydroxylation sites is 1. The third-order valence-corrected chi connectivity index (χ3v) is 11.0. The van der Waals surface area contributed by atoms with Crippen molar-refractivity contribution in [2.75, 3.05) is 17.2 Å². The lowest BCUT2D eigenvalue weighted by Crippen LogP contribution is -2.55. The van der Waals surface area contributed by atoms with Crippen molar-refractivity contribution < 1.29 is 19.5 Å². The van der Waals surface area contributed by atoms with Gasteiger partial charge in [-0.1, -0.05) is 52.7 Å². The van der Waals surface area contributed by atoms with E-state index in [-0.39, 0.29) is 34.4 Å². The molecule has 3 aliphatic rings. The summed E-state index contributed by atoms with van der Waals surface area (Å²) in [5, 5.41) is 16.5. The first-order valence-electron chi connectivity index (χ1n) is 12.0. The zero-order valence-electron chi connectivity index (χ0n) is 19.6. The average molecular weight is 593 g/mol. The number of alkyl halides is 1. The van der Waals surface area contributed by atoms with Crippen LogP contribution in [0.25, 0.3) is 0 Å². The van der Waals surface area contributed by atoms with Crippen LogP contribution in [-0.4, -0.2) is 61.2 Å². The molecule has 3 aliphatic heterocycles. The van der Waals surface area contributed by atoms with Gasteiger partial charge in [-0.15, -0.1) is 11.8 Å². The highest BCUT2D eigenvalue weighted by Gasteiger charge is 2.76. The van der Waals surface area contributed by atoms with Gasteiger partial charge in [-0.25, -0.2) is 0 Å². The Hall–Kier alpha value is -2.07. The number of hydrogen-bond donors (Lipinski definition) is 3. The van der Waals surface area contributed by atoms with Gasteiger partial charge in [0.1, 0.15) is 6.04 Å². The molecule has 3 fully saturated rings. The van der Waals surface area contributed by atoms with E-state index < -0.39 is 28.7 Å². The number of nitrogens with zero attached hydrogens (tertiary/aromatic N) is 1. The number of hydrogen-bond acceptors (Lipinski definition) is 5. The molecule has 2 aromatic rings. The lowest BCUT2D eigenvalue weighted by Gasteiger charge is -2.37. The van der Waals surface area contributed by atoms with E-state index in [1.54, 1.807) is 40.9 Å². The van der Waals surface area contributed by atoms with Crippen molar-refractivity contribution in [2.45, 2.75) is 46.7 Å². The van der Waals surface area contributed by atoms with E-state index >= 15 is 0 Å². The standard InChI is InChI=1S/C26H27BrClN3O4S/c1-2-17(13-32)31-22(24(34)30-16-10-8-14(28)9-11-16)26-12-18(27)21(36-26)19(20(26)25(31)35)23(33)29-15-6-4-3-5-7-15/h3-11,17-22,32H,2,12-13H2,1H3,(H,29,33)(H,30,34)/t17-,18?,19-,20-,21-,22?,26?/m0/s1. The second kappa shape index (κ2) is 10.0. The molecule has 0 aromatic heterocycles. The predicted octanol–water partition coefficient (Wildman–Crippen LogP) is 4.15. The quantitative estimate of drug-likeness (QED) is 0.420. The van der Waals surface area contributed by atoms with Gasteiger partial charge in [0, 0.05) is 26.5 Å². The molecule has 7 nitrogen and oxygen atoms in total. The van der Waals surface area contributed by atoms with Crippen LogP contribution >= 0.6 is 39.3 Å². The highest BCUT2D eigenvalue weighted by molar-refractivity contribution is 9.09. The molecular weight excluding hydrogens is 566 g/mol. The van der Waals surface area contributed by atoms with Gasteiger partial charge in [0.05, 0.1) is 29.2 Å². The third-order valence-electron chi connectivity index (χ3n) is 7.51. The second-order valence-electron chi connectivity index (χ2n) is 9.51. The molecule has 3 heterocycles. The van der Waals surface area contributed by atoms with Gasteiger partial charge < -0.3 is 20.6 Å². The Morgan fingerprint density at radius 2 is 1.78 bits per heavy atom. The molecule has 190 valence electrons. The molecule has 1 spiro atoms. The summed E-state index contributed by atoms with van der Waals surface area (Å²) in [7, 11) is 0. The number of fused-ring (bicyclic) bond motifs is 1. The monoisotopic (exact) mass is 591 g/mol. The van der Waals surface area contributed by atoms with E-state index in [1.807, 2.05) is 37.3 Å². The molecule has 0 aliphatic carbocycles. The first kappa shape index (κ1) is 25.6. The zero-order chi connectivity index (χ0) is 25.6. The van der Waals surface area contributed by atoms with E-state index in [0.717, 1.165) is 0 Å². The van der Waals surface area contributed by atoms with Gasteiger partial charge in [-0.2, -0.15) is 0 Å². The normalized spacial score (nSPS) is 31.3. The van der Waals surface area contributed by atoms with Crippen molar-refractivity contribution in [3.8, 4) is 0 Å². The third kappa shape index (κ3) is 4.14. The summed E-state index contributed by atoms with van der Waals surface area (Å²) in [5.74, 6) is -2.05. The minimum atomic E-state index is -0.827. The number of likely N-dealkylation sites (tertiary alicyclic amines) is 1. The fraction of sp³-hybridized carbons (Fsp3) is 0.423. The Bertz CT molecular complexity index is 1170. The minimum Gasteiger partial charge on any atom is -0.394 e. The number of carbonyl (C=O) groups is 3. The first-order chi connectivity index (χ1) is 17.3. The average Bonchev–Trinajstić information content (AvgIpc) is 3.46. The molecule has 36 heavy (non-hydrogen) atoms. The largest absolute Gasteiger partial charge is 0.394 e. The number of rotatable bonds is 7. The zero-order valence-corrected chi connectivity index (χ0v) is 22.7. The van der Waals surface area contributed by atoms with Gasteiger partial charge in [0.2, 0.25) is 17.7 Å². The van der Waals surface area contributed by atoms with Gasteiger partial charge in [-0.05, 0) is 49.2 Å². The van der Waals surface area contributed by atoms with Crippen LogP contribution < -0.4 is 10.6 Å². The Kier molecular flexibility index (Phi) is 7.11. The molecule has 0 saturated carbocycles. The molecule has 10 heteroatoms. The minimum absolute atomic E-state index is 0.0296. The molecule has 3 saturated heterocycles. The van der Waals surface area contributed by atoms with Crippen LogP contribution in [0.5, 0.6) is 0 Å². The van der Waals surface area contributed by atoms with Gasteiger partial charge in [0.25, 0.3) is 0 Å². The predicted molar refractivity (Wildman–Crippen MR) is 145 cm³/mol. The molecule has 3 N–H and O–H groups in total. The number of amides is 3. The number of aliphatic hydroxyl groups is 1. The summed E-state index contributed by atoms with van der Waals surface area (Å²) < 4.78 is -0.784. The topological polar surface area (TPSA) is 98.7 Å². The lowest BCUT2D eigenvalue weighted by atomic mass is 9.70. The molecule has 2 bridgehead atoms. The Morgan fingerprint density at radius 3 is 2.42 bits per heavy atom. The highest BCUT2D eigenvalue weighted by Crippen LogP contribution is 2.68. The summed E-state index contributed by atoms with van der Waals surface area (Å²) in [6, 6.07) is 14.6. The van der Waals surface area contributed by atoms with Crippen molar-refractivity contribution in [1.82, 2.24) is 4.90 Å².